The van der Waals surface area contributed by atoms with Crippen LogP contribution in [0.4, 0.5) is 0 Å². The van der Waals surface area contributed by atoms with Gasteiger partial charge in [0.25, 0.3) is 0 Å². The molecule has 5 nitrogen and oxygen atoms in total. The molecule has 0 saturated heterocycles. The lowest BCUT2D eigenvalue weighted by Gasteiger charge is -2.02. The number of aryl methyl sites for hydroxylation is 1. The number of rotatable bonds is 3. The fraction of sp³-hybridized carbons (Fsp3) is 0.111. The van der Waals surface area contributed by atoms with Crippen molar-refractivity contribution in [3.05, 3.63) is 29.2 Å². The van der Waals surface area contributed by atoms with Crippen molar-refractivity contribution in [1.29, 1.82) is 5.41 Å². The standard InChI is InChI=1S/C9H9N5S2/c1-5-4-15-9(14-5)16-8-6(7(10)11)12-2-3-13-8/h2-4H,1H3,(H3,10,11). The maximum Gasteiger partial charge on any atom is 0.156 e. The Labute approximate surface area is 101 Å². The smallest absolute Gasteiger partial charge is 0.156 e. The maximum absolute atomic E-state index is 7.39. The molecule has 0 aliphatic carbocycles. The molecule has 0 spiro atoms. The van der Waals surface area contributed by atoms with E-state index in [1.807, 2.05) is 12.3 Å². The van der Waals surface area contributed by atoms with Crippen LogP contribution in [0.15, 0.2) is 27.1 Å². The lowest BCUT2D eigenvalue weighted by atomic mass is 10.4. The van der Waals surface area contributed by atoms with Crippen molar-refractivity contribution >= 4 is 28.9 Å². The highest BCUT2D eigenvalue weighted by atomic mass is 32.2. The highest BCUT2D eigenvalue weighted by Gasteiger charge is 2.11. The van der Waals surface area contributed by atoms with Gasteiger partial charge in [0.2, 0.25) is 0 Å². The molecule has 16 heavy (non-hydrogen) atoms. The van der Waals surface area contributed by atoms with Gasteiger partial charge in [-0.1, -0.05) is 0 Å². The first-order chi connectivity index (χ1) is 7.66. The Hall–Kier alpha value is -1.47. The quantitative estimate of drug-likeness (QED) is 0.640. The predicted molar refractivity (Wildman–Crippen MR) is 64.0 cm³/mol. The second-order valence-electron chi connectivity index (χ2n) is 2.98. The number of nitrogens with zero attached hydrogens (tertiary/aromatic N) is 3. The molecule has 0 unspecified atom stereocenters. The molecule has 0 fully saturated rings. The highest BCUT2D eigenvalue weighted by molar-refractivity contribution is 8.01. The molecule has 2 aromatic heterocycles. The van der Waals surface area contributed by atoms with Gasteiger partial charge in [-0.05, 0) is 18.7 Å². The van der Waals surface area contributed by atoms with Crippen molar-refractivity contribution in [2.45, 2.75) is 16.3 Å². The summed E-state index contributed by atoms with van der Waals surface area (Å²) in [4.78, 5) is 12.5. The molecular formula is C9H9N5S2. The van der Waals surface area contributed by atoms with Crippen LogP contribution >= 0.6 is 23.1 Å². The number of hydrogen-bond acceptors (Lipinski definition) is 6. The lowest BCUT2D eigenvalue weighted by Crippen LogP contribution is -2.14. The van der Waals surface area contributed by atoms with E-state index < -0.39 is 0 Å². The molecule has 0 aromatic carbocycles. The first kappa shape index (κ1) is 11.0. The predicted octanol–water partition coefficient (Wildman–Crippen LogP) is 1.68. The Bertz CT molecular complexity index is 522. The topological polar surface area (TPSA) is 88.5 Å². The third kappa shape index (κ3) is 2.37. The van der Waals surface area contributed by atoms with Gasteiger partial charge in [-0.25, -0.2) is 15.0 Å². The van der Waals surface area contributed by atoms with E-state index in [2.05, 4.69) is 15.0 Å². The maximum atomic E-state index is 7.39. The molecule has 2 heterocycles. The summed E-state index contributed by atoms with van der Waals surface area (Å²) in [5.74, 6) is -0.0797. The fourth-order valence-electron chi connectivity index (χ4n) is 1.05. The van der Waals surface area contributed by atoms with Crippen LogP contribution in [0, 0.1) is 12.3 Å². The van der Waals surface area contributed by atoms with Crippen molar-refractivity contribution in [2.24, 2.45) is 5.73 Å². The van der Waals surface area contributed by atoms with Crippen LogP contribution in [0.25, 0.3) is 0 Å². The van der Waals surface area contributed by atoms with E-state index >= 15 is 0 Å². The summed E-state index contributed by atoms with van der Waals surface area (Å²) in [7, 11) is 0. The van der Waals surface area contributed by atoms with Gasteiger partial charge in [0, 0.05) is 23.5 Å². The zero-order chi connectivity index (χ0) is 11.5. The van der Waals surface area contributed by atoms with Crippen LogP contribution in [0.1, 0.15) is 11.4 Å². The molecule has 0 aliphatic heterocycles. The molecule has 0 bridgehead atoms. The van der Waals surface area contributed by atoms with Crippen molar-refractivity contribution in [3.63, 3.8) is 0 Å². The minimum Gasteiger partial charge on any atom is -0.382 e. The zero-order valence-corrected chi connectivity index (χ0v) is 10.1. The van der Waals surface area contributed by atoms with E-state index in [0.29, 0.717) is 10.7 Å². The first-order valence-electron chi connectivity index (χ1n) is 4.42. The Kier molecular flexibility index (Phi) is 3.16. The number of nitrogen functional groups attached to an aromatic ring is 1. The summed E-state index contributed by atoms with van der Waals surface area (Å²) in [5.41, 5.74) is 6.80. The van der Waals surface area contributed by atoms with Gasteiger partial charge in [-0.3, -0.25) is 5.41 Å². The van der Waals surface area contributed by atoms with Gasteiger partial charge >= 0.3 is 0 Å². The van der Waals surface area contributed by atoms with Gasteiger partial charge in [-0.2, -0.15) is 0 Å². The van der Waals surface area contributed by atoms with Crippen molar-refractivity contribution < 1.29 is 0 Å². The Morgan fingerprint density at radius 2 is 2.19 bits per heavy atom. The van der Waals surface area contributed by atoms with E-state index in [1.54, 1.807) is 6.20 Å². The second-order valence-corrected chi connectivity index (χ2v) is 5.07. The molecule has 2 rings (SSSR count). The molecule has 3 N–H and O–H groups in total. The van der Waals surface area contributed by atoms with Gasteiger partial charge in [0.1, 0.15) is 16.6 Å². The number of nitrogens with two attached hydrogens (primary N) is 1. The summed E-state index contributed by atoms with van der Waals surface area (Å²) >= 11 is 2.91. The first-order valence-corrected chi connectivity index (χ1v) is 6.12. The van der Waals surface area contributed by atoms with Crippen LogP contribution in [0.3, 0.4) is 0 Å². The zero-order valence-electron chi connectivity index (χ0n) is 8.47. The van der Waals surface area contributed by atoms with Gasteiger partial charge < -0.3 is 5.73 Å². The number of aromatic nitrogens is 3. The van der Waals surface area contributed by atoms with E-state index in [9.17, 15) is 0 Å². The average Bonchev–Trinajstić information content (AvgIpc) is 2.64. The molecule has 0 amide bonds. The van der Waals surface area contributed by atoms with E-state index in [-0.39, 0.29) is 5.84 Å². The van der Waals surface area contributed by atoms with E-state index in [1.165, 1.54) is 29.3 Å². The summed E-state index contributed by atoms with van der Waals surface area (Å²) in [6, 6.07) is 0. The molecule has 0 saturated carbocycles. The van der Waals surface area contributed by atoms with Gasteiger partial charge in [0.05, 0.1) is 0 Å². The summed E-state index contributed by atoms with van der Waals surface area (Å²) in [6.45, 7) is 1.93. The minimum atomic E-state index is -0.0797. The number of nitrogens with one attached hydrogen (secondary N) is 1. The number of hydrogen-bond donors (Lipinski definition) is 2. The molecular weight excluding hydrogens is 242 g/mol. The molecule has 2 aromatic rings. The number of thiazole rings is 1. The lowest BCUT2D eigenvalue weighted by molar-refractivity contribution is 1.02. The molecule has 0 atom stereocenters. The highest BCUT2D eigenvalue weighted by Crippen LogP contribution is 2.29. The molecule has 7 heteroatoms. The van der Waals surface area contributed by atoms with Crippen LogP contribution in [0.2, 0.25) is 0 Å². The van der Waals surface area contributed by atoms with E-state index in [0.717, 1.165) is 10.0 Å². The van der Waals surface area contributed by atoms with Crippen LogP contribution < -0.4 is 5.73 Å². The van der Waals surface area contributed by atoms with Crippen LogP contribution in [-0.4, -0.2) is 20.8 Å². The van der Waals surface area contributed by atoms with Crippen molar-refractivity contribution in [2.75, 3.05) is 0 Å². The van der Waals surface area contributed by atoms with Crippen LogP contribution in [-0.2, 0) is 0 Å². The second kappa shape index (κ2) is 4.58. The van der Waals surface area contributed by atoms with E-state index in [4.69, 9.17) is 11.1 Å². The summed E-state index contributed by atoms with van der Waals surface area (Å²) < 4.78 is 0.875. The largest absolute Gasteiger partial charge is 0.382 e. The molecule has 82 valence electrons. The Balaban J connectivity index is 2.31. The summed E-state index contributed by atoms with van der Waals surface area (Å²) in [6.07, 6.45) is 3.10. The van der Waals surface area contributed by atoms with Crippen molar-refractivity contribution in [1.82, 2.24) is 15.0 Å². The number of amidine groups is 1. The Morgan fingerprint density at radius 3 is 2.81 bits per heavy atom. The summed E-state index contributed by atoms with van der Waals surface area (Å²) in [5, 5.41) is 9.97. The monoisotopic (exact) mass is 251 g/mol. The normalized spacial score (nSPS) is 10.3. The third-order valence-electron chi connectivity index (χ3n) is 1.70. The minimum absolute atomic E-state index is 0.0797. The molecule has 0 aliphatic rings. The van der Waals surface area contributed by atoms with Gasteiger partial charge in [0.15, 0.2) is 4.34 Å². The third-order valence-corrected chi connectivity index (χ3v) is 3.75. The Morgan fingerprint density at radius 1 is 1.44 bits per heavy atom. The fourth-order valence-corrected chi connectivity index (χ4v) is 2.87. The van der Waals surface area contributed by atoms with Gasteiger partial charge in [-0.15, -0.1) is 11.3 Å². The molecule has 0 radical (unpaired) electrons. The SMILES string of the molecule is Cc1csc(Sc2nccnc2C(=N)N)n1. The van der Waals surface area contributed by atoms with Crippen LogP contribution in [0.5, 0.6) is 0 Å². The van der Waals surface area contributed by atoms with Crippen molar-refractivity contribution in [3.8, 4) is 0 Å². The average molecular weight is 251 g/mol.